The molecule has 0 aromatic carbocycles. The molecule has 0 saturated carbocycles. The Labute approximate surface area is 118 Å². The molecule has 2 nitrogen and oxygen atoms in total. The maximum absolute atomic E-state index is 10.5. The van der Waals surface area contributed by atoms with Gasteiger partial charge in [0.1, 0.15) is 0 Å². The summed E-state index contributed by atoms with van der Waals surface area (Å²) in [6.45, 7) is 5.73. The molecule has 0 aliphatic rings. The number of ether oxygens (including phenoxy) is 1. The first kappa shape index (κ1) is 17.9. The van der Waals surface area contributed by atoms with E-state index < -0.39 is 0 Å². The monoisotopic (exact) mass is 266 g/mol. The number of hydrogen-bond donors (Lipinski definition) is 0. The lowest BCUT2D eigenvalue weighted by atomic mass is 10.1. The van der Waals surface area contributed by atoms with Gasteiger partial charge < -0.3 is 4.74 Å². The zero-order valence-corrected chi connectivity index (χ0v) is 12.5. The van der Waals surface area contributed by atoms with Gasteiger partial charge in [0.2, 0.25) is 0 Å². The van der Waals surface area contributed by atoms with Crippen molar-refractivity contribution in [1.29, 1.82) is 0 Å². The Morgan fingerprint density at radius 2 is 1.42 bits per heavy atom. The zero-order valence-electron chi connectivity index (χ0n) is 12.5. The normalized spacial score (nSPS) is 10.8. The molecule has 0 fully saturated rings. The summed E-state index contributed by atoms with van der Waals surface area (Å²) in [5.41, 5.74) is 0. The maximum Gasteiger partial charge on any atom is 0.302 e. The van der Waals surface area contributed by atoms with E-state index in [-0.39, 0.29) is 5.97 Å². The second-order valence-corrected chi connectivity index (χ2v) is 4.94. The quantitative estimate of drug-likeness (QED) is 0.260. The van der Waals surface area contributed by atoms with Gasteiger partial charge >= 0.3 is 5.97 Å². The molecule has 0 rings (SSSR count). The third kappa shape index (κ3) is 16.9. The summed E-state index contributed by atoms with van der Waals surface area (Å²) in [7, 11) is 0. The Kier molecular flexibility index (Phi) is 14.2. The molecule has 0 aromatic heterocycles. The summed E-state index contributed by atoms with van der Waals surface area (Å²) in [5, 5.41) is 0. The Hall–Kier alpha value is -1.05. The van der Waals surface area contributed by atoms with E-state index in [1.165, 1.54) is 51.9 Å². The van der Waals surface area contributed by atoms with E-state index in [9.17, 15) is 4.79 Å². The van der Waals surface area contributed by atoms with E-state index >= 15 is 0 Å². The van der Waals surface area contributed by atoms with Crippen LogP contribution in [-0.4, -0.2) is 12.6 Å². The maximum atomic E-state index is 10.5. The predicted molar refractivity (Wildman–Crippen MR) is 82.1 cm³/mol. The third-order valence-electron chi connectivity index (χ3n) is 3.02. The van der Waals surface area contributed by atoms with Crippen LogP contribution in [0.3, 0.4) is 0 Å². The van der Waals surface area contributed by atoms with Crippen LogP contribution in [0, 0.1) is 0 Å². The highest BCUT2D eigenvalue weighted by Gasteiger charge is 1.91. The molecule has 0 radical (unpaired) electrons. The molecule has 0 unspecified atom stereocenters. The summed E-state index contributed by atoms with van der Waals surface area (Å²) < 4.78 is 4.86. The van der Waals surface area contributed by atoms with Gasteiger partial charge in [0, 0.05) is 6.92 Å². The lowest BCUT2D eigenvalue weighted by molar-refractivity contribution is -0.141. The van der Waals surface area contributed by atoms with Crippen molar-refractivity contribution >= 4 is 5.97 Å². The van der Waals surface area contributed by atoms with Crippen LogP contribution >= 0.6 is 0 Å². The number of hydrogen-bond acceptors (Lipinski definition) is 2. The largest absolute Gasteiger partial charge is 0.466 e. The summed E-state index contributed by atoms with van der Waals surface area (Å²) in [4.78, 5) is 10.5. The molecular weight excluding hydrogens is 236 g/mol. The zero-order chi connectivity index (χ0) is 14.2. The molecule has 0 aliphatic heterocycles. The predicted octanol–water partition coefficient (Wildman–Crippen LogP) is 5.19. The van der Waals surface area contributed by atoms with Gasteiger partial charge in [0.15, 0.2) is 0 Å². The van der Waals surface area contributed by atoms with Crippen molar-refractivity contribution in [1.82, 2.24) is 0 Å². The molecule has 19 heavy (non-hydrogen) atoms. The summed E-state index contributed by atoms with van der Waals surface area (Å²) in [5.74, 6) is -0.183. The van der Waals surface area contributed by atoms with Crippen molar-refractivity contribution in [3.05, 3.63) is 24.8 Å². The highest BCUT2D eigenvalue weighted by molar-refractivity contribution is 5.65. The SMILES string of the molecule is C=CCCCCCCCC/C=C/CCCOC(C)=O. The van der Waals surface area contributed by atoms with E-state index in [4.69, 9.17) is 4.74 Å². The van der Waals surface area contributed by atoms with Gasteiger partial charge in [0.05, 0.1) is 6.61 Å². The van der Waals surface area contributed by atoms with Crippen LogP contribution in [0.5, 0.6) is 0 Å². The molecule has 0 spiro atoms. The van der Waals surface area contributed by atoms with E-state index in [0.717, 1.165) is 19.3 Å². The van der Waals surface area contributed by atoms with E-state index in [1.807, 2.05) is 6.08 Å². The van der Waals surface area contributed by atoms with Crippen LogP contribution in [0.4, 0.5) is 0 Å². The van der Waals surface area contributed by atoms with Crippen molar-refractivity contribution in [3.63, 3.8) is 0 Å². The Morgan fingerprint density at radius 3 is 2.00 bits per heavy atom. The van der Waals surface area contributed by atoms with Gasteiger partial charge in [-0.1, -0.05) is 43.9 Å². The minimum atomic E-state index is -0.183. The molecule has 0 aliphatic carbocycles. The average molecular weight is 266 g/mol. The van der Waals surface area contributed by atoms with Crippen LogP contribution in [0.1, 0.15) is 71.1 Å². The Balaban J connectivity index is 3.08. The van der Waals surface area contributed by atoms with Crippen LogP contribution < -0.4 is 0 Å². The minimum Gasteiger partial charge on any atom is -0.466 e. The molecule has 0 N–H and O–H groups in total. The Bertz CT molecular complexity index is 244. The van der Waals surface area contributed by atoms with Gasteiger partial charge in [-0.25, -0.2) is 0 Å². The van der Waals surface area contributed by atoms with Crippen LogP contribution in [0.2, 0.25) is 0 Å². The van der Waals surface area contributed by atoms with Crippen molar-refractivity contribution in [2.75, 3.05) is 6.61 Å². The molecule has 2 heteroatoms. The molecule has 0 atom stereocenters. The van der Waals surface area contributed by atoms with Gasteiger partial charge in [-0.15, -0.1) is 6.58 Å². The number of carbonyl (C=O) groups excluding carboxylic acids is 1. The topological polar surface area (TPSA) is 26.3 Å². The second-order valence-electron chi connectivity index (χ2n) is 4.94. The molecule has 0 amide bonds. The number of carbonyl (C=O) groups is 1. The van der Waals surface area contributed by atoms with E-state index in [0.29, 0.717) is 6.61 Å². The fourth-order valence-electron chi connectivity index (χ4n) is 1.91. The van der Waals surface area contributed by atoms with Gasteiger partial charge in [-0.2, -0.15) is 0 Å². The first-order valence-corrected chi connectivity index (χ1v) is 7.66. The van der Waals surface area contributed by atoms with Crippen molar-refractivity contribution < 1.29 is 9.53 Å². The van der Waals surface area contributed by atoms with Crippen molar-refractivity contribution in [2.24, 2.45) is 0 Å². The number of rotatable bonds is 13. The fourth-order valence-corrected chi connectivity index (χ4v) is 1.91. The smallest absolute Gasteiger partial charge is 0.302 e. The lowest BCUT2D eigenvalue weighted by Gasteiger charge is -1.99. The van der Waals surface area contributed by atoms with E-state index in [2.05, 4.69) is 18.7 Å². The molecule has 0 heterocycles. The van der Waals surface area contributed by atoms with E-state index in [1.54, 1.807) is 0 Å². The first-order valence-electron chi connectivity index (χ1n) is 7.66. The summed E-state index contributed by atoms with van der Waals surface area (Å²) in [6.07, 6.45) is 18.7. The van der Waals surface area contributed by atoms with Gasteiger partial charge in [-0.3, -0.25) is 4.79 Å². The Morgan fingerprint density at radius 1 is 0.895 bits per heavy atom. The number of esters is 1. The van der Waals surface area contributed by atoms with Crippen molar-refractivity contribution in [3.8, 4) is 0 Å². The van der Waals surface area contributed by atoms with Gasteiger partial charge in [0.25, 0.3) is 0 Å². The highest BCUT2D eigenvalue weighted by Crippen LogP contribution is 2.09. The molecule has 0 aromatic rings. The third-order valence-corrected chi connectivity index (χ3v) is 3.02. The van der Waals surface area contributed by atoms with Gasteiger partial charge in [-0.05, 0) is 38.5 Å². The first-order chi connectivity index (χ1) is 9.27. The summed E-state index contributed by atoms with van der Waals surface area (Å²) >= 11 is 0. The number of unbranched alkanes of at least 4 members (excludes halogenated alkanes) is 8. The molecular formula is C17H30O2. The van der Waals surface area contributed by atoms with Crippen molar-refractivity contribution in [2.45, 2.75) is 71.1 Å². The average Bonchev–Trinajstić information content (AvgIpc) is 2.39. The minimum absolute atomic E-state index is 0.183. The lowest BCUT2D eigenvalue weighted by Crippen LogP contribution is -1.99. The molecule has 110 valence electrons. The summed E-state index contributed by atoms with van der Waals surface area (Å²) in [6, 6.07) is 0. The molecule has 0 saturated heterocycles. The second kappa shape index (κ2) is 15.0. The number of allylic oxidation sites excluding steroid dienone is 3. The fraction of sp³-hybridized carbons (Fsp3) is 0.706. The van der Waals surface area contributed by atoms with Crippen LogP contribution in [-0.2, 0) is 9.53 Å². The highest BCUT2D eigenvalue weighted by atomic mass is 16.5. The van der Waals surface area contributed by atoms with Crippen LogP contribution in [0.15, 0.2) is 24.8 Å². The molecule has 0 bridgehead atoms. The van der Waals surface area contributed by atoms with Crippen LogP contribution in [0.25, 0.3) is 0 Å². The standard InChI is InChI=1S/C17H30O2/c1-3-4-5-6-7-8-9-10-11-12-13-14-15-16-19-17(2)18/h3,12-13H,1,4-11,14-16H2,2H3/b13-12+.